The molecule has 0 aliphatic rings. The Morgan fingerprint density at radius 1 is 0.157 bits per heavy atom. The van der Waals surface area contributed by atoms with Gasteiger partial charge in [0.1, 0.15) is 12.3 Å². The van der Waals surface area contributed by atoms with E-state index in [1.807, 2.05) is 0 Å². The minimum atomic E-state index is -1.22. The molecule has 0 aliphatic heterocycles. The molecule has 248 valence electrons. The van der Waals surface area contributed by atoms with Crippen LogP contribution in [0.3, 0.4) is 0 Å². The second-order valence-electron chi connectivity index (χ2n) is 13.0. The summed E-state index contributed by atoms with van der Waals surface area (Å²) in [7, 11) is 0. The largest absolute Gasteiger partial charge is 2.00 e. The monoisotopic (exact) mass is 833 g/mol. The molecule has 0 amide bonds. The quantitative estimate of drug-likeness (QED) is 0.162. The van der Waals surface area contributed by atoms with Crippen LogP contribution in [-0.4, -0.2) is 12.3 Å². The third-order valence-electron chi connectivity index (χ3n) is 10.4. The molecule has 0 N–H and O–H groups in total. The molecule has 0 bridgehead atoms. The molecule has 0 spiro atoms. The minimum Gasteiger partial charge on any atom is -0.195 e. The molecule has 8 rings (SSSR count). The van der Waals surface area contributed by atoms with Crippen molar-refractivity contribution in [3.63, 3.8) is 0 Å². The SMILES string of the molecule is [Pt+2].c1ccc([B-](c2ccccc2)(c2ccccc2)c2ccccc2)cc1.c1ccc([B-](c2ccccc2)(c2ccccc2)c2ccccc2)cc1. The van der Waals surface area contributed by atoms with Crippen LogP contribution in [0.5, 0.6) is 0 Å². The van der Waals surface area contributed by atoms with Gasteiger partial charge < -0.3 is 0 Å². The van der Waals surface area contributed by atoms with Gasteiger partial charge >= 0.3 is 21.1 Å². The molecule has 0 fully saturated rings. The number of benzene rings is 8. The van der Waals surface area contributed by atoms with Crippen molar-refractivity contribution in [2.45, 2.75) is 0 Å². The van der Waals surface area contributed by atoms with E-state index in [-0.39, 0.29) is 21.1 Å². The van der Waals surface area contributed by atoms with Gasteiger partial charge in [-0.25, -0.2) is 0 Å². The Morgan fingerprint density at radius 2 is 0.255 bits per heavy atom. The predicted molar refractivity (Wildman–Crippen MR) is 220 cm³/mol. The van der Waals surface area contributed by atoms with Gasteiger partial charge in [0.05, 0.1) is 0 Å². The first-order valence-corrected chi connectivity index (χ1v) is 17.6. The molecule has 0 aliphatic carbocycles. The standard InChI is InChI=1S/2C24H20B.Pt/c2*1-5-13-21(14-6-1)25(22-15-7-2-8-16-22,23-17-9-3-10-18-23)24-19-11-4-12-20-24;/h2*1-20H;/q2*-1;+2. The Balaban J connectivity index is 0.000000172. The maximum Gasteiger partial charge on any atom is 2.00 e. The van der Waals surface area contributed by atoms with Crippen LogP contribution in [0.25, 0.3) is 0 Å². The van der Waals surface area contributed by atoms with Crippen LogP contribution in [-0.2, 0) is 21.1 Å². The Kier molecular flexibility index (Phi) is 11.8. The molecule has 0 heterocycles. The van der Waals surface area contributed by atoms with Crippen molar-refractivity contribution in [2.24, 2.45) is 0 Å². The van der Waals surface area contributed by atoms with Gasteiger partial charge in [0.25, 0.3) is 0 Å². The molecule has 0 aromatic heterocycles. The van der Waals surface area contributed by atoms with Gasteiger partial charge in [0.2, 0.25) is 0 Å². The van der Waals surface area contributed by atoms with Gasteiger partial charge in [-0.05, 0) is 0 Å². The van der Waals surface area contributed by atoms with E-state index < -0.39 is 12.3 Å². The summed E-state index contributed by atoms with van der Waals surface area (Å²) in [6.45, 7) is 0. The number of hydrogen-bond donors (Lipinski definition) is 0. The molecule has 0 atom stereocenters. The summed E-state index contributed by atoms with van der Waals surface area (Å²) < 4.78 is 0. The van der Waals surface area contributed by atoms with Gasteiger partial charge in [0, 0.05) is 0 Å². The van der Waals surface area contributed by atoms with Crippen molar-refractivity contribution in [3.05, 3.63) is 243 Å². The molecular weight excluding hydrogens is 793 g/mol. The molecule has 0 saturated carbocycles. The van der Waals surface area contributed by atoms with Gasteiger partial charge in [-0.15, -0.1) is 0 Å². The van der Waals surface area contributed by atoms with Crippen LogP contribution in [0.4, 0.5) is 0 Å². The van der Waals surface area contributed by atoms with Crippen molar-refractivity contribution in [1.29, 1.82) is 0 Å². The zero-order valence-electron chi connectivity index (χ0n) is 28.6. The molecule has 0 radical (unpaired) electrons. The summed E-state index contributed by atoms with van der Waals surface area (Å²) in [4.78, 5) is 0. The molecule has 0 nitrogen and oxygen atoms in total. The van der Waals surface area contributed by atoms with Crippen LogP contribution in [0.1, 0.15) is 0 Å². The topological polar surface area (TPSA) is 0 Å². The fourth-order valence-electron chi connectivity index (χ4n) is 8.24. The fraction of sp³-hybridized carbons (Fsp3) is 0. The van der Waals surface area contributed by atoms with Crippen molar-refractivity contribution in [1.82, 2.24) is 0 Å². The van der Waals surface area contributed by atoms with Gasteiger partial charge in [-0.2, -0.15) is 43.7 Å². The Hall–Kier alpha value is -5.42. The summed E-state index contributed by atoms with van der Waals surface area (Å²) >= 11 is 0. The Bertz CT molecular complexity index is 1680. The summed E-state index contributed by atoms with van der Waals surface area (Å²) in [5, 5.41) is 0. The molecule has 3 heteroatoms. The molecule has 51 heavy (non-hydrogen) atoms. The van der Waals surface area contributed by atoms with Gasteiger partial charge in [0.15, 0.2) is 0 Å². The summed E-state index contributed by atoms with van der Waals surface area (Å²) in [5.74, 6) is 0. The maximum atomic E-state index is 2.26. The minimum absolute atomic E-state index is 0. The van der Waals surface area contributed by atoms with Crippen LogP contribution < -0.4 is 43.7 Å². The first-order valence-electron chi connectivity index (χ1n) is 17.6. The Labute approximate surface area is 318 Å². The summed E-state index contributed by atoms with van der Waals surface area (Å²) in [6, 6.07) is 87.1. The summed E-state index contributed by atoms with van der Waals surface area (Å²) in [5.41, 5.74) is 10.7. The zero-order valence-corrected chi connectivity index (χ0v) is 30.8. The third kappa shape index (κ3) is 7.11. The van der Waals surface area contributed by atoms with Crippen LogP contribution in [0, 0.1) is 0 Å². The van der Waals surface area contributed by atoms with Crippen LogP contribution >= 0.6 is 0 Å². The van der Waals surface area contributed by atoms with Gasteiger partial charge in [-0.1, -0.05) is 243 Å². The van der Waals surface area contributed by atoms with Crippen molar-refractivity contribution >= 4 is 56.0 Å². The van der Waals surface area contributed by atoms with Crippen LogP contribution in [0.2, 0.25) is 0 Å². The van der Waals surface area contributed by atoms with E-state index in [0.717, 1.165) is 0 Å². The summed E-state index contributed by atoms with van der Waals surface area (Å²) in [6.07, 6.45) is -2.43. The van der Waals surface area contributed by atoms with E-state index in [4.69, 9.17) is 0 Å². The van der Waals surface area contributed by atoms with E-state index in [1.54, 1.807) is 0 Å². The Morgan fingerprint density at radius 3 is 0.353 bits per heavy atom. The normalized spacial score (nSPS) is 11.0. The van der Waals surface area contributed by atoms with E-state index in [1.165, 1.54) is 43.7 Å². The van der Waals surface area contributed by atoms with Crippen LogP contribution in [0.15, 0.2) is 243 Å². The fourth-order valence-corrected chi connectivity index (χ4v) is 8.24. The average Bonchev–Trinajstić information content (AvgIpc) is 3.22. The first kappa shape index (κ1) is 35.4. The first-order chi connectivity index (χ1) is 24.8. The maximum absolute atomic E-state index is 2.26. The molecule has 8 aromatic rings. The third-order valence-corrected chi connectivity index (χ3v) is 10.4. The predicted octanol–water partition coefficient (Wildman–Crippen LogP) is 6.13. The van der Waals surface area contributed by atoms with E-state index in [0.29, 0.717) is 0 Å². The van der Waals surface area contributed by atoms with E-state index in [9.17, 15) is 0 Å². The zero-order chi connectivity index (χ0) is 33.9. The van der Waals surface area contributed by atoms with Crippen molar-refractivity contribution in [3.8, 4) is 0 Å². The van der Waals surface area contributed by atoms with Crippen molar-refractivity contribution in [2.75, 3.05) is 0 Å². The second-order valence-corrected chi connectivity index (χ2v) is 13.0. The number of rotatable bonds is 8. The van der Waals surface area contributed by atoms with E-state index >= 15 is 0 Å². The average molecular weight is 834 g/mol. The van der Waals surface area contributed by atoms with Crippen molar-refractivity contribution < 1.29 is 21.1 Å². The van der Waals surface area contributed by atoms with Gasteiger partial charge in [-0.3, -0.25) is 0 Å². The number of hydrogen-bond acceptors (Lipinski definition) is 0. The molecule has 0 saturated heterocycles. The molecular formula is C48H40B2Pt. The molecule has 8 aromatic carbocycles. The molecule has 0 unspecified atom stereocenters. The van der Waals surface area contributed by atoms with E-state index in [2.05, 4.69) is 243 Å². The smallest absolute Gasteiger partial charge is 0.195 e. The second kappa shape index (κ2) is 17.0.